The van der Waals surface area contributed by atoms with Gasteiger partial charge in [0.25, 0.3) is 0 Å². The lowest BCUT2D eigenvalue weighted by molar-refractivity contribution is 0.288. The zero-order valence-corrected chi connectivity index (χ0v) is 16.3. The third-order valence-corrected chi connectivity index (χ3v) is 7.13. The zero-order chi connectivity index (χ0) is 18.5. The van der Waals surface area contributed by atoms with Crippen LogP contribution in [-0.4, -0.2) is 35.4 Å². The molecule has 0 saturated heterocycles. The molecule has 140 valence electrons. The van der Waals surface area contributed by atoms with Crippen LogP contribution in [0.2, 0.25) is 0 Å². The van der Waals surface area contributed by atoms with Crippen LogP contribution < -0.4 is 4.74 Å². The van der Waals surface area contributed by atoms with E-state index in [1.54, 1.807) is 22.5 Å². The van der Waals surface area contributed by atoms with Crippen molar-refractivity contribution in [3.05, 3.63) is 41.0 Å². The Morgan fingerprint density at radius 1 is 1.23 bits per heavy atom. The van der Waals surface area contributed by atoms with Gasteiger partial charge in [-0.25, -0.2) is 13.4 Å². The molecule has 1 aromatic heterocycles. The summed E-state index contributed by atoms with van der Waals surface area (Å²) in [5, 5.41) is 0. The quantitative estimate of drug-likeness (QED) is 0.827. The van der Waals surface area contributed by atoms with Crippen LogP contribution in [0, 0.1) is 0 Å². The predicted molar refractivity (Wildman–Crippen MR) is 98.9 cm³/mol. The Morgan fingerprint density at radius 2 is 2.04 bits per heavy atom. The van der Waals surface area contributed by atoms with Gasteiger partial charge in [-0.1, -0.05) is 13.8 Å². The molecular weight excluding hydrogens is 350 g/mol. The van der Waals surface area contributed by atoms with Crippen molar-refractivity contribution in [3.63, 3.8) is 0 Å². The molecule has 7 heteroatoms. The lowest BCUT2D eigenvalue weighted by Gasteiger charge is -2.27. The number of sulfonamides is 1. The van der Waals surface area contributed by atoms with Gasteiger partial charge in [-0.15, -0.1) is 0 Å². The zero-order valence-electron chi connectivity index (χ0n) is 15.5. The van der Waals surface area contributed by atoms with E-state index in [-0.39, 0.29) is 0 Å². The maximum Gasteiger partial charge on any atom is 0.243 e. The number of nitrogens with zero attached hydrogens (tertiary/aromatic N) is 3. The number of aryl methyl sites for hydroxylation is 1. The molecule has 0 bridgehead atoms. The minimum Gasteiger partial charge on any atom is -0.493 e. The first-order valence-corrected chi connectivity index (χ1v) is 10.6. The number of benzene rings is 1. The second-order valence-corrected chi connectivity index (χ2v) is 9.33. The second kappa shape index (κ2) is 6.39. The van der Waals surface area contributed by atoms with E-state index < -0.39 is 10.0 Å². The van der Waals surface area contributed by atoms with E-state index in [4.69, 9.17) is 9.72 Å². The summed E-state index contributed by atoms with van der Waals surface area (Å²) < 4.78 is 35.6. The minimum absolute atomic E-state index is 0.316. The average Bonchev–Trinajstić information content (AvgIpc) is 2.98. The van der Waals surface area contributed by atoms with Gasteiger partial charge in [0.05, 0.1) is 23.7 Å². The van der Waals surface area contributed by atoms with Crippen LogP contribution >= 0.6 is 0 Å². The molecule has 3 heterocycles. The maximum absolute atomic E-state index is 13.2. The van der Waals surface area contributed by atoms with E-state index in [1.807, 2.05) is 7.05 Å². The highest BCUT2D eigenvalue weighted by Crippen LogP contribution is 2.31. The van der Waals surface area contributed by atoms with Crippen molar-refractivity contribution < 1.29 is 13.2 Å². The fourth-order valence-corrected chi connectivity index (χ4v) is 5.35. The molecule has 2 aromatic rings. The van der Waals surface area contributed by atoms with Gasteiger partial charge in [0.1, 0.15) is 11.6 Å². The molecule has 0 amide bonds. The molecule has 1 aromatic carbocycles. The summed E-state index contributed by atoms with van der Waals surface area (Å²) in [6.07, 6.45) is 2.48. The average molecular weight is 375 g/mol. The van der Waals surface area contributed by atoms with Crippen molar-refractivity contribution in [2.45, 2.75) is 50.5 Å². The van der Waals surface area contributed by atoms with Gasteiger partial charge in [-0.3, -0.25) is 0 Å². The summed E-state index contributed by atoms with van der Waals surface area (Å²) in [5.74, 6) is 2.14. The first-order valence-electron chi connectivity index (χ1n) is 9.18. The van der Waals surface area contributed by atoms with Crippen molar-refractivity contribution in [2.75, 3.05) is 13.2 Å². The van der Waals surface area contributed by atoms with E-state index in [9.17, 15) is 8.42 Å². The highest BCUT2D eigenvalue weighted by Gasteiger charge is 2.32. The molecule has 2 aliphatic heterocycles. The summed E-state index contributed by atoms with van der Waals surface area (Å²) in [7, 11) is -1.51. The lowest BCUT2D eigenvalue weighted by Crippen LogP contribution is -2.36. The van der Waals surface area contributed by atoms with Crippen LogP contribution in [0.25, 0.3) is 0 Å². The summed E-state index contributed by atoms with van der Waals surface area (Å²) in [6.45, 7) is 5.74. The van der Waals surface area contributed by atoms with Crippen LogP contribution in [0.4, 0.5) is 0 Å². The van der Waals surface area contributed by atoms with E-state index in [0.29, 0.717) is 36.9 Å². The SMILES string of the molecule is CC(C)c1nc2c(n1C)CCN(S(=O)(=O)c1ccc3c(c1)CCCO3)C2. The number of imidazole rings is 1. The molecule has 4 rings (SSSR count). The van der Waals surface area contributed by atoms with Crippen molar-refractivity contribution in [1.29, 1.82) is 0 Å². The van der Waals surface area contributed by atoms with Crippen molar-refractivity contribution in [2.24, 2.45) is 7.05 Å². The highest BCUT2D eigenvalue weighted by atomic mass is 32.2. The topological polar surface area (TPSA) is 64.4 Å². The van der Waals surface area contributed by atoms with Gasteiger partial charge in [0.15, 0.2) is 0 Å². The molecule has 0 radical (unpaired) electrons. The molecule has 2 aliphatic rings. The molecule has 0 aliphatic carbocycles. The first kappa shape index (κ1) is 17.5. The number of rotatable bonds is 3. The molecule has 0 unspecified atom stereocenters. The maximum atomic E-state index is 13.2. The van der Waals surface area contributed by atoms with Crippen LogP contribution in [0.3, 0.4) is 0 Å². The molecule has 0 atom stereocenters. The Bertz CT molecular complexity index is 947. The standard InChI is InChI=1S/C19H25N3O3S/c1-13(2)19-20-16-12-22(9-8-17(16)21(19)3)26(23,24)15-6-7-18-14(11-15)5-4-10-25-18/h6-7,11,13H,4-5,8-10,12H2,1-3H3. The Morgan fingerprint density at radius 3 is 2.81 bits per heavy atom. The van der Waals surface area contributed by atoms with Crippen LogP contribution in [0.5, 0.6) is 5.75 Å². The van der Waals surface area contributed by atoms with Crippen molar-refractivity contribution in [1.82, 2.24) is 13.9 Å². The van der Waals surface area contributed by atoms with E-state index >= 15 is 0 Å². The van der Waals surface area contributed by atoms with Crippen LogP contribution in [-0.2, 0) is 36.5 Å². The molecule has 0 saturated carbocycles. The second-order valence-electron chi connectivity index (χ2n) is 7.39. The third-order valence-electron chi connectivity index (χ3n) is 5.29. The van der Waals surface area contributed by atoms with Gasteiger partial charge in [-0.2, -0.15) is 4.31 Å². The number of hydrogen-bond acceptors (Lipinski definition) is 4. The minimum atomic E-state index is -3.53. The monoisotopic (exact) mass is 375 g/mol. The fourth-order valence-electron chi connectivity index (χ4n) is 3.89. The van der Waals surface area contributed by atoms with E-state index in [0.717, 1.165) is 41.4 Å². The predicted octanol–water partition coefficient (Wildman–Crippen LogP) is 2.62. The first-order chi connectivity index (χ1) is 12.4. The van der Waals surface area contributed by atoms with Crippen LogP contribution in [0.15, 0.2) is 23.1 Å². The Kier molecular flexibility index (Phi) is 4.31. The van der Waals surface area contributed by atoms with Gasteiger partial charge in [0, 0.05) is 31.6 Å². The smallest absolute Gasteiger partial charge is 0.243 e. The fraction of sp³-hybridized carbons (Fsp3) is 0.526. The van der Waals surface area contributed by atoms with Gasteiger partial charge >= 0.3 is 0 Å². The Labute approximate surface area is 154 Å². The Balaban J connectivity index is 1.64. The summed E-state index contributed by atoms with van der Waals surface area (Å²) in [5.41, 5.74) is 3.02. The summed E-state index contributed by atoms with van der Waals surface area (Å²) in [4.78, 5) is 5.07. The largest absolute Gasteiger partial charge is 0.493 e. The normalized spacial score (nSPS) is 17.7. The molecular formula is C19H25N3O3S. The molecule has 0 fully saturated rings. The molecule has 6 nitrogen and oxygen atoms in total. The molecule has 0 spiro atoms. The number of ether oxygens (including phenoxy) is 1. The Hall–Kier alpha value is -1.86. The number of aromatic nitrogens is 2. The van der Waals surface area contributed by atoms with Crippen LogP contribution in [0.1, 0.15) is 49.0 Å². The van der Waals surface area contributed by atoms with Gasteiger partial charge in [-0.05, 0) is 36.6 Å². The summed E-state index contributed by atoms with van der Waals surface area (Å²) in [6, 6.07) is 5.22. The van der Waals surface area contributed by atoms with E-state index in [1.165, 1.54) is 0 Å². The van der Waals surface area contributed by atoms with Gasteiger partial charge in [0.2, 0.25) is 10.0 Å². The number of fused-ring (bicyclic) bond motifs is 2. The molecule has 26 heavy (non-hydrogen) atoms. The molecule has 0 N–H and O–H groups in total. The van der Waals surface area contributed by atoms with Crippen molar-refractivity contribution >= 4 is 10.0 Å². The van der Waals surface area contributed by atoms with Gasteiger partial charge < -0.3 is 9.30 Å². The summed E-state index contributed by atoms with van der Waals surface area (Å²) >= 11 is 0. The highest BCUT2D eigenvalue weighted by molar-refractivity contribution is 7.89. The number of hydrogen-bond donors (Lipinski definition) is 0. The third kappa shape index (κ3) is 2.83. The van der Waals surface area contributed by atoms with Crippen molar-refractivity contribution in [3.8, 4) is 5.75 Å². The van der Waals surface area contributed by atoms with E-state index in [2.05, 4.69) is 18.4 Å². The lowest BCUT2D eigenvalue weighted by atomic mass is 10.1.